The van der Waals surface area contributed by atoms with Gasteiger partial charge in [-0.3, -0.25) is 9.88 Å². The first kappa shape index (κ1) is 30.7. The van der Waals surface area contributed by atoms with Gasteiger partial charge in [-0.2, -0.15) is 13.2 Å². The van der Waals surface area contributed by atoms with E-state index < -0.39 is 47.3 Å². The SMILES string of the molecule is CC.CC.CCC1(c2ccc(F)cc2)c2c(ccc(F)c2F)N(Cc2ccncc2)C(=O)N1CC(F)(F)F. The first-order valence-electron chi connectivity index (χ1n) is 12.4. The fraction of sp³-hybridized carbons (Fsp3) is 0.357. The number of amides is 2. The zero-order valence-corrected chi connectivity index (χ0v) is 21.9. The lowest BCUT2D eigenvalue weighted by atomic mass is 9.76. The van der Waals surface area contributed by atoms with E-state index in [4.69, 9.17) is 0 Å². The third-order valence-corrected chi connectivity index (χ3v) is 5.96. The van der Waals surface area contributed by atoms with Crippen LogP contribution >= 0.6 is 0 Å². The molecule has 0 saturated heterocycles. The van der Waals surface area contributed by atoms with Crippen LogP contribution in [0, 0.1) is 17.5 Å². The minimum absolute atomic E-state index is 0.0308. The molecule has 1 aliphatic rings. The fourth-order valence-electron chi connectivity index (χ4n) is 4.51. The van der Waals surface area contributed by atoms with Gasteiger partial charge in [0.15, 0.2) is 11.6 Å². The molecule has 0 aliphatic carbocycles. The summed E-state index contributed by atoms with van der Waals surface area (Å²) in [6, 6.07) is 8.44. The maximum Gasteiger partial charge on any atom is 0.406 e. The molecular weight excluding hydrogens is 508 g/mol. The first-order chi connectivity index (χ1) is 18.1. The van der Waals surface area contributed by atoms with Crippen molar-refractivity contribution in [2.24, 2.45) is 0 Å². The van der Waals surface area contributed by atoms with Gasteiger partial charge in [0.05, 0.1) is 12.2 Å². The van der Waals surface area contributed by atoms with Gasteiger partial charge in [0.1, 0.15) is 17.9 Å². The molecule has 0 N–H and O–H groups in total. The summed E-state index contributed by atoms with van der Waals surface area (Å²) in [5, 5.41) is 0. The van der Waals surface area contributed by atoms with Gasteiger partial charge in [0.25, 0.3) is 0 Å². The summed E-state index contributed by atoms with van der Waals surface area (Å²) in [5.41, 5.74) is -1.96. The van der Waals surface area contributed by atoms with Crippen LogP contribution in [-0.2, 0) is 12.1 Å². The van der Waals surface area contributed by atoms with Crippen LogP contribution < -0.4 is 4.90 Å². The van der Waals surface area contributed by atoms with Crippen molar-refractivity contribution < 1.29 is 31.1 Å². The van der Waals surface area contributed by atoms with Gasteiger partial charge in [0.2, 0.25) is 0 Å². The van der Waals surface area contributed by atoms with E-state index in [0.29, 0.717) is 10.5 Å². The van der Waals surface area contributed by atoms with E-state index in [9.17, 15) is 26.7 Å². The molecule has 206 valence electrons. The number of urea groups is 1. The van der Waals surface area contributed by atoms with Crippen molar-refractivity contribution >= 4 is 11.7 Å². The minimum atomic E-state index is -4.85. The molecule has 1 unspecified atom stereocenters. The second-order valence-corrected chi connectivity index (χ2v) is 7.90. The van der Waals surface area contributed by atoms with Crippen molar-refractivity contribution in [1.29, 1.82) is 0 Å². The number of halogens is 6. The van der Waals surface area contributed by atoms with Gasteiger partial charge in [-0.25, -0.2) is 18.0 Å². The van der Waals surface area contributed by atoms with Crippen molar-refractivity contribution in [1.82, 2.24) is 9.88 Å². The molecule has 0 spiro atoms. The summed E-state index contributed by atoms with van der Waals surface area (Å²) in [7, 11) is 0. The molecule has 4 nitrogen and oxygen atoms in total. The highest BCUT2D eigenvalue weighted by Gasteiger charge is 2.54. The van der Waals surface area contributed by atoms with Crippen LogP contribution in [0.25, 0.3) is 0 Å². The smallest absolute Gasteiger partial charge is 0.301 e. The third-order valence-electron chi connectivity index (χ3n) is 5.96. The normalized spacial score (nSPS) is 16.7. The van der Waals surface area contributed by atoms with E-state index >= 15 is 4.39 Å². The van der Waals surface area contributed by atoms with E-state index in [0.717, 1.165) is 23.1 Å². The molecule has 0 fully saturated rings. The summed E-state index contributed by atoms with van der Waals surface area (Å²) in [6.07, 6.45) is -2.19. The maximum atomic E-state index is 15.5. The van der Waals surface area contributed by atoms with E-state index in [1.165, 1.54) is 37.5 Å². The van der Waals surface area contributed by atoms with Crippen molar-refractivity contribution in [3.63, 3.8) is 0 Å². The molecule has 0 bridgehead atoms. The number of fused-ring (bicyclic) bond motifs is 1. The van der Waals surface area contributed by atoms with Crippen LogP contribution in [-0.4, -0.2) is 28.6 Å². The zero-order chi connectivity index (χ0) is 28.7. The number of carbonyl (C=O) groups excluding carboxylic acids is 1. The van der Waals surface area contributed by atoms with Crippen molar-refractivity contribution in [2.45, 2.75) is 59.3 Å². The molecule has 0 radical (unpaired) electrons. The standard InChI is InChI=1S/C24H19F6N3O.2C2H6/c1-2-23(16-3-5-17(25)6-4-16)20-19(8-7-18(26)21(20)27)32(13-15-9-11-31-12-10-15)22(34)33(23)14-24(28,29)30;2*1-2/h3-12H,2,13-14H2,1H3;2*1-2H3. The van der Waals surface area contributed by atoms with Gasteiger partial charge >= 0.3 is 12.2 Å². The highest BCUT2D eigenvalue weighted by atomic mass is 19.4. The number of hydrogen-bond acceptors (Lipinski definition) is 2. The summed E-state index contributed by atoms with van der Waals surface area (Å²) < 4.78 is 84.8. The molecule has 2 aromatic carbocycles. The van der Waals surface area contributed by atoms with Crippen LogP contribution in [0.2, 0.25) is 0 Å². The first-order valence-corrected chi connectivity index (χ1v) is 12.4. The fourth-order valence-corrected chi connectivity index (χ4v) is 4.51. The quantitative estimate of drug-likeness (QED) is 0.307. The Morgan fingerprint density at radius 2 is 1.45 bits per heavy atom. The van der Waals surface area contributed by atoms with Crippen LogP contribution in [0.5, 0.6) is 0 Å². The molecule has 38 heavy (non-hydrogen) atoms. The second-order valence-electron chi connectivity index (χ2n) is 7.90. The van der Waals surface area contributed by atoms with Crippen LogP contribution in [0.1, 0.15) is 57.7 Å². The lowest BCUT2D eigenvalue weighted by Crippen LogP contribution is -2.61. The largest absolute Gasteiger partial charge is 0.406 e. The number of nitrogens with zero attached hydrogens (tertiary/aromatic N) is 3. The van der Waals surface area contributed by atoms with E-state index in [1.54, 1.807) is 12.1 Å². The molecule has 1 atom stereocenters. The van der Waals surface area contributed by atoms with Gasteiger partial charge < -0.3 is 4.90 Å². The van der Waals surface area contributed by atoms with E-state index in [-0.39, 0.29) is 24.2 Å². The Labute approximate surface area is 218 Å². The Balaban J connectivity index is 0.00000121. The number of rotatable bonds is 5. The Morgan fingerprint density at radius 3 is 1.97 bits per heavy atom. The molecule has 2 amide bonds. The molecule has 1 aliphatic heterocycles. The third kappa shape index (κ3) is 5.95. The van der Waals surface area contributed by atoms with Gasteiger partial charge in [0, 0.05) is 18.0 Å². The Kier molecular flexibility index (Phi) is 10.3. The zero-order valence-electron chi connectivity index (χ0n) is 21.9. The number of hydrogen-bond donors (Lipinski definition) is 0. The molecule has 4 rings (SSSR count). The van der Waals surface area contributed by atoms with Crippen molar-refractivity contribution in [3.05, 3.63) is 95.1 Å². The Bertz CT molecular complexity index is 1200. The number of carbonyl (C=O) groups is 1. The predicted octanol–water partition coefficient (Wildman–Crippen LogP) is 8.21. The monoisotopic (exact) mass is 539 g/mol. The molecule has 3 aromatic rings. The Hall–Kier alpha value is -3.56. The van der Waals surface area contributed by atoms with Crippen molar-refractivity contribution in [2.75, 3.05) is 11.4 Å². The predicted molar refractivity (Wildman–Crippen MR) is 135 cm³/mol. The minimum Gasteiger partial charge on any atom is -0.301 e. The van der Waals surface area contributed by atoms with Gasteiger partial charge in [-0.05, 0) is 53.9 Å². The summed E-state index contributed by atoms with van der Waals surface area (Å²) in [5.74, 6) is -3.31. The van der Waals surface area contributed by atoms with Gasteiger partial charge in [-0.15, -0.1) is 0 Å². The van der Waals surface area contributed by atoms with Crippen LogP contribution in [0.4, 0.5) is 36.8 Å². The van der Waals surface area contributed by atoms with Crippen molar-refractivity contribution in [3.8, 4) is 0 Å². The summed E-state index contributed by atoms with van der Waals surface area (Å²) in [6.45, 7) is 7.54. The molecule has 1 aromatic heterocycles. The van der Waals surface area contributed by atoms with E-state index in [2.05, 4.69) is 4.98 Å². The van der Waals surface area contributed by atoms with E-state index in [1.807, 2.05) is 27.7 Å². The molecular formula is C28H31F6N3O. The molecule has 2 heterocycles. The molecule has 0 saturated carbocycles. The average molecular weight is 540 g/mol. The highest BCUT2D eigenvalue weighted by Crippen LogP contribution is 2.50. The number of benzene rings is 2. The average Bonchev–Trinajstić information content (AvgIpc) is 2.92. The van der Waals surface area contributed by atoms with Crippen LogP contribution in [0.15, 0.2) is 60.9 Å². The maximum absolute atomic E-state index is 15.5. The topological polar surface area (TPSA) is 36.4 Å². The number of aromatic nitrogens is 1. The number of alkyl halides is 3. The summed E-state index contributed by atoms with van der Waals surface area (Å²) in [4.78, 5) is 19.0. The number of anilines is 1. The summed E-state index contributed by atoms with van der Waals surface area (Å²) >= 11 is 0. The lowest BCUT2D eigenvalue weighted by Gasteiger charge is -2.51. The van der Waals surface area contributed by atoms with Gasteiger partial charge in [-0.1, -0.05) is 46.8 Å². The molecule has 10 heteroatoms. The lowest BCUT2D eigenvalue weighted by molar-refractivity contribution is -0.149. The Morgan fingerprint density at radius 1 is 0.868 bits per heavy atom. The second kappa shape index (κ2) is 12.8. The van der Waals surface area contributed by atoms with Crippen LogP contribution in [0.3, 0.4) is 0 Å². The number of pyridine rings is 1. The highest BCUT2D eigenvalue weighted by molar-refractivity contribution is 5.97.